The molecule has 4 N–H and O–H groups in total. The first-order valence-electron chi connectivity index (χ1n) is 16.1. The molecule has 0 aromatic heterocycles. The van der Waals surface area contributed by atoms with Gasteiger partial charge in [0, 0.05) is 18.6 Å². The number of benzene rings is 3. The van der Waals surface area contributed by atoms with Crippen molar-refractivity contribution in [1.82, 2.24) is 10.6 Å². The minimum atomic E-state index is -2.10. The molecule has 0 aliphatic rings. The van der Waals surface area contributed by atoms with Crippen LogP contribution < -0.4 is 49.3 Å². The summed E-state index contributed by atoms with van der Waals surface area (Å²) >= 11 is 0.956. The Morgan fingerprint density at radius 3 is 1.78 bits per heavy atom. The molecule has 0 spiro atoms. The molecule has 13 heteroatoms. The van der Waals surface area contributed by atoms with Gasteiger partial charge in [0.25, 0.3) is 0 Å². The fourth-order valence-electron chi connectivity index (χ4n) is 5.19. The molecule has 3 rings (SSSR count). The van der Waals surface area contributed by atoms with Gasteiger partial charge in [-0.05, 0) is 63.1 Å². The van der Waals surface area contributed by atoms with Crippen LogP contribution in [0.1, 0.15) is 39.5 Å². The highest BCUT2D eigenvalue weighted by molar-refractivity contribution is 8.13. The van der Waals surface area contributed by atoms with Gasteiger partial charge in [-0.15, -0.1) is 0 Å². The predicted octanol–water partition coefficient (Wildman–Crippen LogP) is -0.141. The molecule has 0 saturated carbocycles. The molecule has 3 aromatic rings. The lowest BCUT2D eigenvalue weighted by Crippen LogP contribution is -3.00. The first kappa shape index (κ1) is 41.6. The summed E-state index contributed by atoms with van der Waals surface area (Å²) in [6.07, 6.45) is 1.51. The van der Waals surface area contributed by atoms with Gasteiger partial charge >= 0.3 is 11.9 Å². The lowest BCUT2D eigenvalue weighted by atomic mass is 10.1. The molecule has 49 heavy (non-hydrogen) atoms. The van der Waals surface area contributed by atoms with Gasteiger partial charge in [-0.2, -0.15) is 0 Å². The third kappa shape index (κ3) is 13.0. The molecule has 0 aliphatic heterocycles. The van der Waals surface area contributed by atoms with Gasteiger partial charge in [-0.3, -0.25) is 24.0 Å². The van der Waals surface area contributed by atoms with Crippen molar-refractivity contribution in [3.05, 3.63) is 91.0 Å². The van der Waals surface area contributed by atoms with Crippen LogP contribution in [-0.4, -0.2) is 72.6 Å². The van der Waals surface area contributed by atoms with E-state index in [0.717, 1.165) is 17.9 Å². The van der Waals surface area contributed by atoms with Crippen molar-refractivity contribution in [1.29, 1.82) is 0 Å². The molecule has 0 aliphatic carbocycles. The van der Waals surface area contributed by atoms with E-state index in [1.54, 1.807) is 13.8 Å². The molecule has 10 nitrogen and oxygen atoms in total. The average Bonchev–Trinajstić information content (AvgIpc) is 3.11. The Bertz CT molecular complexity index is 1390. The van der Waals surface area contributed by atoms with E-state index in [4.69, 9.17) is 15.2 Å². The number of halogens is 1. The SMILES string of the molecule is CCOC(=O)CNC(=O)C(CSC(=O)CCC[P+](c1ccccc1)(c1ccccc1)c1ccccc1)NC(=O)CCC(N)C(=O)OCC.[Br-]. The third-order valence-electron chi connectivity index (χ3n) is 7.51. The zero-order chi connectivity index (χ0) is 34.8. The van der Waals surface area contributed by atoms with E-state index in [-0.39, 0.29) is 66.9 Å². The number of nitrogens with two attached hydrogens (primary N) is 1. The predicted molar refractivity (Wildman–Crippen MR) is 192 cm³/mol. The number of nitrogens with one attached hydrogen (secondary N) is 2. The maximum atomic E-state index is 13.2. The second kappa shape index (κ2) is 22.2. The van der Waals surface area contributed by atoms with Gasteiger partial charge in [-0.25, -0.2) is 0 Å². The van der Waals surface area contributed by atoms with E-state index in [2.05, 4.69) is 47.0 Å². The Morgan fingerprint density at radius 2 is 1.29 bits per heavy atom. The number of esters is 2. The third-order valence-corrected chi connectivity index (χ3v) is 13.1. The van der Waals surface area contributed by atoms with Gasteiger partial charge in [0.1, 0.15) is 41.8 Å². The fraction of sp³-hybridized carbons (Fsp3) is 0.361. The number of rotatable bonds is 19. The topological polar surface area (TPSA) is 154 Å². The smallest absolute Gasteiger partial charge is 0.325 e. The summed E-state index contributed by atoms with van der Waals surface area (Å²) in [4.78, 5) is 62.6. The Hall–Kier alpha value is -3.57. The lowest BCUT2D eigenvalue weighted by Gasteiger charge is -2.27. The largest absolute Gasteiger partial charge is 1.00 e. The maximum absolute atomic E-state index is 13.2. The van der Waals surface area contributed by atoms with Crippen LogP contribution in [-0.2, 0) is 33.4 Å². The van der Waals surface area contributed by atoms with Crippen LogP contribution in [0.4, 0.5) is 0 Å². The van der Waals surface area contributed by atoms with E-state index in [1.807, 2.05) is 54.6 Å². The molecule has 2 amide bonds. The molecule has 0 saturated heterocycles. The van der Waals surface area contributed by atoms with Crippen LogP contribution in [0.25, 0.3) is 0 Å². The summed E-state index contributed by atoms with van der Waals surface area (Å²) in [5.74, 6) is -2.44. The van der Waals surface area contributed by atoms with Crippen LogP contribution in [0.5, 0.6) is 0 Å². The van der Waals surface area contributed by atoms with Crippen molar-refractivity contribution in [2.24, 2.45) is 5.73 Å². The minimum Gasteiger partial charge on any atom is -1.00 e. The molecule has 0 heterocycles. The highest BCUT2D eigenvalue weighted by Crippen LogP contribution is 2.56. The number of carbonyl (C=O) groups excluding carboxylic acids is 5. The first-order valence-corrected chi connectivity index (χ1v) is 19.0. The van der Waals surface area contributed by atoms with E-state index in [1.165, 1.54) is 15.9 Å². The molecule has 0 radical (unpaired) electrons. The molecule has 0 fully saturated rings. The summed E-state index contributed by atoms with van der Waals surface area (Å²) in [5.41, 5.74) is 5.81. The summed E-state index contributed by atoms with van der Waals surface area (Å²) in [6.45, 7) is 3.25. The molecule has 2 atom stereocenters. The Balaban J connectivity index is 0.00000833. The van der Waals surface area contributed by atoms with Crippen molar-refractivity contribution in [2.45, 2.75) is 51.6 Å². The number of hydrogen-bond donors (Lipinski definition) is 3. The summed E-state index contributed by atoms with van der Waals surface area (Å²) in [7, 11) is -2.10. The van der Waals surface area contributed by atoms with E-state index in [9.17, 15) is 24.0 Å². The average molecular weight is 775 g/mol. The van der Waals surface area contributed by atoms with E-state index < -0.39 is 43.1 Å². The Labute approximate surface area is 303 Å². The number of thioether (sulfide) groups is 1. The number of ether oxygens (including phenoxy) is 2. The lowest BCUT2D eigenvalue weighted by molar-refractivity contribution is -0.145. The van der Waals surface area contributed by atoms with Crippen molar-refractivity contribution in [3.63, 3.8) is 0 Å². The van der Waals surface area contributed by atoms with Crippen LogP contribution in [0, 0.1) is 0 Å². The molecular weight excluding hydrogens is 729 g/mol. The van der Waals surface area contributed by atoms with Gasteiger partial charge in [0.05, 0.1) is 19.4 Å². The Morgan fingerprint density at radius 1 is 0.776 bits per heavy atom. The molecular formula is C36H45BrN3O7PS. The second-order valence-corrected chi connectivity index (χ2v) is 15.6. The molecule has 2 unspecified atom stereocenters. The van der Waals surface area contributed by atoms with Crippen molar-refractivity contribution < 1.29 is 50.4 Å². The zero-order valence-corrected chi connectivity index (χ0v) is 31.1. The van der Waals surface area contributed by atoms with Crippen molar-refractivity contribution >= 4 is 63.8 Å². The summed E-state index contributed by atoms with van der Waals surface area (Å²) in [5, 5.41) is 8.65. The minimum absolute atomic E-state index is 0. The zero-order valence-electron chi connectivity index (χ0n) is 27.8. The highest BCUT2D eigenvalue weighted by atomic mass is 79.9. The van der Waals surface area contributed by atoms with Crippen LogP contribution >= 0.6 is 19.0 Å². The first-order chi connectivity index (χ1) is 23.2. The van der Waals surface area contributed by atoms with Crippen molar-refractivity contribution in [3.8, 4) is 0 Å². The van der Waals surface area contributed by atoms with Crippen molar-refractivity contribution in [2.75, 3.05) is 31.7 Å². The van der Waals surface area contributed by atoms with Gasteiger partial charge in [0.15, 0.2) is 5.12 Å². The standard InChI is InChI=1S/C36H44N3O7PS.BrH/c1-3-45-33(41)25-38-35(43)31(39-32(40)23-22-30(37)36(44)46-4-2)26-48-34(42)21-14-24-47(27-15-8-5-9-16-27,28-17-10-6-11-18-28)29-19-12-7-13-20-29;/h5-13,15-20,30-31H,3-4,14,21-26,37H2,1-2H3,(H-,38,39,40,43);1H. The summed E-state index contributed by atoms with van der Waals surface area (Å²) < 4.78 is 9.75. The monoisotopic (exact) mass is 773 g/mol. The van der Waals surface area contributed by atoms with E-state index >= 15 is 0 Å². The highest BCUT2D eigenvalue weighted by Gasteiger charge is 2.44. The fourth-order valence-corrected chi connectivity index (χ4v) is 10.4. The van der Waals surface area contributed by atoms with Crippen LogP contribution in [0.2, 0.25) is 0 Å². The van der Waals surface area contributed by atoms with Crippen LogP contribution in [0.15, 0.2) is 91.0 Å². The quantitative estimate of drug-likeness (QED) is 0.112. The molecule has 3 aromatic carbocycles. The normalized spacial score (nSPS) is 12.1. The van der Waals surface area contributed by atoms with Gasteiger partial charge in [-0.1, -0.05) is 66.4 Å². The second-order valence-electron chi connectivity index (χ2n) is 10.9. The number of amides is 2. The number of hydrogen-bond acceptors (Lipinski definition) is 9. The maximum Gasteiger partial charge on any atom is 0.325 e. The van der Waals surface area contributed by atoms with Gasteiger partial charge in [0.2, 0.25) is 11.8 Å². The number of carbonyl (C=O) groups is 5. The molecule has 264 valence electrons. The molecule has 0 bridgehead atoms. The summed E-state index contributed by atoms with van der Waals surface area (Å²) in [6, 6.07) is 29.1. The van der Waals surface area contributed by atoms with E-state index in [0.29, 0.717) is 6.42 Å². The van der Waals surface area contributed by atoms with Gasteiger partial charge < -0.3 is 42.8 Å². The van der Waals surface area contributed by atoms with Crippen LogP contribution in [0.3, 0.4) is 0 Å². The Kier molecular flexibility index (Phi) is 18.9.